The molecular weight excluding hydrogens is 304 g/mol. The number of fused-ring (bicyclic) bond motifs is 1. The van der Waals surface area contributed by atoms with Gasteiger partial charge in [-0.3, -0.25) is 0 Å². The lowest BCUT2D eigenvalue weighted by Crippen LogP contribution is -2.30. The number of hydrogen-bond acceptors (Lipinski definition) is 1. The fourth-order valence-electron chi connectivity index (χ4n) is 4.36. The standard InChI is InChI=1S/C23H28N2/c1-17-10-12-18(13-11-17)15-25-16-22(21-8-3-4-9-23(21)25)19-6-5-7-20(14-19)24-2/h3-4,8-13,16,19-20,24H,5-7,14-15H2,1-2H3. The summed E-state index contributed by atoms with van der Waals surface area (Å²) < 4.78 is 2.44. The number of rotatable bonds is 4. The maximum atomic E-state index is 3.50. The number of aryl methyl sites for hydroxylation is 1. The molecule has 1 saturated carbocycles. The third-order valence-corrected chi connectivity index (χ3v) is 5.82. The van der Waals surface area contributed by atoms with Gasteiger partial charge in [0.15, 0.2) is 0 Å². The quantitative estimate of drug-likeness (QED) is 0.691. The second kappa shape index (κ2) is 7.05. The predicted molar refractivity (Wildman–Crippen MR) is 106 cm³/mol. The minimum absolute atomic E-state index is 0.665. The Labute approximate surface area is 150 Å². The summed E-state index contributed by atoms with van der Waals surface area (Å²) in [6.45, 7) is 3.09. The van der Waals surface area contributed by atoms with Gasteiger partial charge < -0.3 is 9.88 Å². The molecule has 1 fully saturated rings. The molecule has 0 bridgehead atoms. The van der Waals surface area contributed by atoms with Crippen molar-refractivity contribution in [2.45, 2.75) is 51.1 Å². The van der Waals surface area contributed by atoms with Crippen molar-refractivity contribution >= 4 is 10.9 Å². The van der Waals surface area contributed by atoms with Crippen LogP contribution in [0.5, 0.6) is 0 Å². The summed E-state index contributed by atoms with van der Waals surface area (Å²) >= 11 is 0. The normalized spacial score (nSPS) is 20.9. The van der Waals surface area contributed by atoms with Gasteiger partial charge in [-0.05, 0) is 56.3 Å². The van der Waals surface area contributed by atoms with E-state index in [9.17, 15) is 0 Å². The Bertz CT molecular complexity index is 844. The number of nitrogens with one attached hydrogen (secondary N) is 1. The van der Waals surface area contributed by atoms with Gasteiger partial charge in [0.25, 0.3) is 0 Å². The number of benzene rings is 2. The molecule has 0 saturated heterocycles. The van der Waals surface area contributed by atoms with E-state index < -0.39 is 0 Å². The molecule has 0 radical (unpaired) electrons. The smallest absolute Gasteiger partial charge is 0.0486 e. The zero-order valence-corrected chi connectivity index (χ0v) is 15.3. The lowest BCUT2D eigenvalue weighted by Gasteiger charge is -2.28. The molecule has 0 aliphatic heterocycles. The Morgan fingerprint density at radius 2 is 1.84 bits per heavy atom. The van der Waals surface area contributed by atoms with Crippen LogP contribution in [0.4, 0.5) is 0 Å². The van der Waals surface area contributed by atoms with E-state index in [0.717, 1.165) is 6.54 Å². The van der Waals surface area contributed by atoms with Crippen LogP contribution in [0.2, 0.25) is 0 Å². The van der Waals surface area contributed by atoms with E-state index >= 15 is 0 Å². The maximum Gasteiger partial charge on any atom is 0.0486 e. The van der Waals surface area contributed by atoms with Gasteiger partial charge in [0.05, 0.1) is 0 Å². The predicted octanol–water partition coefficient (Wildman–Crippen LogP) is 5.24. The molecule has 1 heterocycles. The number of para-hydroxylation sites is 1. The average molecular weight is 332 g/mol. The van der Waals surface area contributed by atoms with Crippen molar-refractivity contribution in [1.29, 1.82) is 0 Å². The highest BCUT2D eigenvalue weighted by Crippen LogP contribution is 2.37. The van der Waals surface area contributed by atoms with Crippen LogP contribution in [0.1, 0.15) is 48.3 Å². The first-order valence-corrected chi connectivity index (χ1v) is 9.55. The lowest BCUT2D eigenvalue weighted by molar-refractivity contribution is 0.356. The van der Waals surface area contributed by atoms with Gasteiger partial charge >= 0.3 is 0 Å². The first kappa shape index (κ1) is 16.4. The highest BCUT2D eigenvalue weighted by Gasteiger charge is 2.25. The van der Waals surface area contributed by atoms with Crippen LogP contribution in [-0.4, -0.2) is 17.7 Å². The molecule has 2 heteroatoms. The first-order valence-electron chi connectivity index (χ1n) is 9.55. The monoisotopic (exact) mass is 332 g/mol. The molecule has 1 aliphatic rings. The molecule has 1 aromatic heterocycles. The topological polar surface area (TPSA) is 17.0 Å². The van der Waals surface area contributed by atoms with Crippen molar-refractivity contribution < 1.29 is 0 Å². The molecule has 0 amide bonds. The van der Waals surface area contributed by atoms with E-state index in [0.29, 0.717) is 12.0 Å². The summed E-state index contributed by atoms with van der Waals surface area (Å²) in [6, 6.07) is 18.5. The van der Waals surface area contributed by atoms with Crippen LogP contribution in [0.25, 0.3) is 10.9 Å². The van der Waals surface area contributed by atoms with E-state index in [2.05, 4.69) is 78.6 Å². The van der Waals surface area contributed by atoms with Gasteiger partial charge in [-0.1, -0.05) is 54.4 Å². The van der Waals surface area contributed by atoms with Crippen molar-refractivity contribution in [3.8, 4) is 0 Å². The molecule has 2 nitrogen and oxygen atoms in total. The number of hydrogen-bond donors (Lipinski definition) is 1. The van der Waals surface area contributed by atoms with Crippen LogP contribution in [0, 0.1) is 6.92 Å². The largest absolute Gasteiger partial charge is 0.343 e. The van der Waals surface area contributed by atoms with Gasteiger partial charge in [-0.2, -0.15) is 0 Å². The van der Waals surface area contributed by atoms with Crippen molar-refractivity contribution in [2.75, 3.05) is 7.05 Å². The Morgan fingerprint density at radius 3 is 2.64 bits per heavy atom. The van der Waals surface area contributed by atoms with Crippen LogP contribution in [0.3, 0.4) is 0 Å². The van der Waals surface area contributed by atoms with Gasteiger partial charge in [-0.15, -0.1) is 0 Å². The Morgan fingerprint density at radius 1 is 1.04 bits per heavy atom. The molecule has 1 N–H and O–H groups in total. The fourth-order valence-corrected chi connectivity index (χ4v) is 4.36. The Hall–Kier alpha value is -2.06. The van der Waals surface area contributed by atoms with Crippen molar-refractivity contribution in [2.24, 2.45) is 0 Å². The van der Waals surface area contributed by atoms with Crippen LogP contribution >= 0.6 is 0 Å². The molecule has 25 heavy (non-hydrogen) atoms. The molecule has 1 aliphatic carbocycles. The molecule has 0 spiro atoms. The summed E-state index contributed by atoms with van der Waals surface area (Å²) in [7, 11) is 2.10. The zero-order valence-electron chi connectivity index (χ0n) is 15.3. The zero-order chi connectivity index (χ0) is 17.2. The SMILES string of the molecule is CNC1CCCC(c2cn(Cc3ccc(C)cc3)c3ccccc23)C1. The van der Waals surface area contributed by atoms with Crippen molar-refractivity contribution in [3.63, 3.8) is 0 Å². The van der Waals surface area contributed by atoms with E-state index in [4.69, 9.17) is 0 Å². The minimum atomic E-state index is 0.665. The first-order chi connectivity index (χ1) is 12.2. The van der Waals surface area contributed by atoms with E-state index in [1.165, 1.54) is 47.7 Å². The van der Waals surface area contributed by atoms with Crippen molar-refractivity contribution in [1.82, 2.24) is 9.88 Å². The molecule has 2 aromatic carbocycles. The van der Waals surface area contributed by atoms with Crippen LogP contribution < -0.4 is 5.32 Å². The molecule has 3 aromatic rings. The molecule has 2 unspecified atom stereocenters. The van der Waals surface area contributed by atoms with Gasteiger partial charge in [0.2, 0.25) is 0 Å². The van der Waals surface area contributed by atoms with Gasteiger partial charge in [0.1, 0.15) is 0 Å². The number of aromatic nitrogens is 1. The van der Waals surface area contributed by atoms with E-state index in [1.54, 1.807) is 5.56 Å². The van der Waals surface area contributed by atoms with E-state index in [-0.39, 0.29) is 0 Å². The van der Waals surface area contributed by atoms with E-state index in [1.807, 2.05) is 0 Å². The Kier molecular flexibility index (Phi) is 4.63. The summed E-state index contributed by atoms with van der Waals surface area (Å²) in [4.78, 5) is 0. The maximum absolute atomic E-state index is 3.50. The molecular formula is C23H28N2. The second-order valence-electron chi connectivity index (χ2n) is 7.56. The number of nitrogens with zero attached hydrogens (tertiary/aromatic N) is 1. The van der Waals surface area contributed by atoms with Crippen LogP contribution in [-0.2, 0) is 6.54 Å². The summed E-state index contributed by atoms with van der Waals surface area (Å²) in [5.41, 5.74) is 5.60. The van der Waals surface area contributed by atoms with Crippen LogP contribution in [0.15, 0.2) is 54.7 Å². The molecule has 2 atom stereocenters. The average Bonchev–Trinajstić information content (AvgIpc) is 3.02. The van der Waals surface area contributed by atoms with Gasteiger partial charge in [0, 0.05) is 29.7 Å². The third-order valence-electron chi connectivity index (χ3n) is 5.82. The Balaban J connectivity index is 1.69. The molecule has 130 valence electrons. The third kappa shape index (κ3) is 3.36. The lowest BCUT2D eigenvalue weighted by atomic mass is 9.81. The fraction of sp³-hybridized carbons (Fsp3) is 0.391. The van der Waals surface area contributed by atoms with Crippen molar-refractivity contribution in [3.05, 3.63) is 71.4 Å². The summed E-state index contributed by atoms with van der Waals surface area (Å²) in [5.74, 6) is 0.676. The molecule has 4 rings (SSSR count). The minimum Gasteiger partial charge on any atom is -0.343 e. The summed E-state index contributed by atoms with van der Waals surface area (Å²) in [5, 5.41) is 4.94. The highest BCUT2D eigenvalue weighted by molar-refractivity contribution is 5.84. The second-order valence-corrected chi connectivity index (χ2v) is 7.56. The summed E-state index contributed by atoms with van der Waals surface area (Å²) in [6.07, 6.45) is 7.64. The highest BCUT2D eigenvalue weighted by atomic mass is 15.0. The van der Waals surface area contributed by atoms with Gasteiger partial charge in [-0.25, -0.2) is 0 Å².